The van der Waals surface area contributed by atoms with Crippen LogP contribution in [0, 0.1) is 6.92 Å². The van der Waals surface area contributed by atoms with E-state index in [1.54, 1.807) is 0 Å². The first-order valence-electron chi connectivity index (χ1n) is 9.85. The highest BCUT2D eigenvalue weighted by Crippen LogP contribution is 2.32. The zero-order valence-corrected chi connectivity index (χ0v) is 18.5. The lowest BCUT2D eigenvalue weighted by Crippen LogP contribution is -2.22. The lowest BCUT2D eigenvalue weighted by molar-refractivity contribution is -0.118. The van der Waals surface area contributed by atoms with Crippen molar-refractivity contribution in [1.82, 2.24) is 4.98 Å². The number of carbonyl (C=O) groups is 1. The number of benzene rings is 2. The topological polar surface area (TPSA) is 51.2 Å². The third-order valence-electron chi connectivity index (χ3n) is 4.71. The van der Waals surface area contributed by atoms with Gasteiger partial charge in [-0.25, -0.2) is 4.98 Å². The van der Waals surface area contributed by atoms with E-state index in [-0.39, 0.29) is 17.9 Å². The minimum atomic E-state index is -0.215. The first-order chi connectivity index (χ1) is 13.8. The maximum Gasteiger partial charge on any atom is 0.264 e. The predicted octanol–water partition coefficient (Wildman–Crippen LogP) is 6.00. The summed E-state index contributed by atoms with van der Waals surface area (Å²) >= 11 is 1.42. The highest BCUT2D eigenvalue weighted by Gasteiger charge is 2.20. The maximum atomic E-state index is 12.4. The first kappa shape index (κ1) is 21.1. The summed E-state index contributed by atoms with van der Waals surface area (Å²) in [4.78, 5) is 16.9. The second-order valence-electron chi connectivity index (χ2n) is 8.17. The van der Waals surface area contributed by atoms with Crippen LogP contribution in [0.1, 0.15) is 44.4 Å². The number of nitrogens with zero attached hydrogens (tertiary/aromatic N) is 1. The SMILES string of the molecule is CCc1ccc(-c2csc(NC(=O)COc3ccc(C)cc3C(C)(C)C)n2)cc1. The van der Waals surface area contributed by atoms with E-state index in [4.69, 9.17) is 4.74 Å². The summed E-state index contributed by atoms with van der Waals surface area (Å²) in [5.74, 6) is 0.529. The van der Waals surface area contributed by atoms with Gasteiger partial charge in [0.25, 0.3) is 5.91 Å². The van der Waals surface area contributed by atoms with E-state index in [0.717, 1.165) is 29.0 Å². The number of anilines is 1. The number of aromatic nitrogens is 1. The van der Waals surface area contributed by atoms with Gasteiger partial charge in [0.1, 0.15) is 5.75 Å². The number of ether oxygens (including phenoxy) is 1. The largest absolute Gasteiger partial charge is 0.483 e. The van der Waals surface area contributed by atoms with Gasteiger partial charge in [0.05, 0.1) is 5.69 Å². The summed E-state index contributed by atoms with van der Waals surface area (Å²) in [5.41, 5.74) is 5.41. The molecule has 4 nitrogen and oxygen atoms in total. The molecule has 0 aliphatic heterocycles. The monoisotopic (exact) mass is 408 g/mol. The second kappa shape index (κ2) is 8.78. The Kier molecular flexibility index (Phi) is 6.38. The van der Waals surface area contributed by atoms with Gasteiger partial charge in [-0.15, -0.1) is 11.3 Å². The summed E-state index contributed by atoms with van der Waals surface area (Å²) in [5, 5.41) is 5.37. The lowest BCUT2D eigenvalue weighted by Gasteiger charge is -2.23. The number of hydrogen-bond donors (Lipinski definition) is 1. The molecule has 0 fully saturated rings. The molecule has 3 rings (SSSR count). The Morgan fingerprint density at radius 3 is 2.52 bits per heavy atom. The van der Waals surface area contributed by atoms with Crippen LogP contribution in [0.5, 0.6) is 5.75 Å². The van der Waals surface area contributed by atoms with E-state index >= 15 is 0 Å². The molecular formula is C24H28N2O2S. The molecule has 5 heteroatoms. The van der Waals surface area contributed by atoms with Crippen molar-refractivity contribution < 1.29 is 9.53 Å². The zero-order valence-electron chi connectivity index (χ0n) is 17.7. The van der Waals surface area contributed by atoms with Gasteiger partial charge in [0.15, 0.2) is 11.7 Å². The lowest BCUT2D eigenvalue weighted by atomic mass is 9.85. The highest BCUT2D eigenvalue weighted by molar-refractivity contribution is 7.14. The second-order valence-corrected chi connectivity index (χ2v) is 9.03. The van der Waals surface area contributed by atoms with Crippen molar-refractivity contribution in [3.8, 4) is 17.0 Å². The van der Waals surface area contributed by atoms with Gasteiger partial charge in [0.2, 0.25) is 0 Å². The Morgan fingerprint density at radius 1 is 1.14 bits per heavy atom. The van der Waals surface area contributed by atoms with Crippen molar-refractivity contribution in [1.29, 1.82) is 0 Å². The van der Waals surface area contributed by atoms with E-state index in [0.29, 0.717) is 5.13 Å². The van der Waals surface area contributed by atoms with Crippen LogP contribution in [0.25, 0.3) is 11.3 Å². The van der Waals surface area contributed by atoms with Gasteiger partial charge in [0, 0.05) is 10.9 Å². The van der Waals surface area contributed by atoms with E-state index in [1.165, 1.54) is 22.5 Å². The third-order valence-corrected chi connectivity index (χ3v) is 5.47. The minimum Gasteiger partial charge on any atom is -0.483 e. The molecule has 0 saturated carbocycles. The quantitative estimate of drug-likeness (QED) is 0.544. The standard InChI is InChI=1S/C24H28N2O2S/c1-6-17-8-10-18(11-9-17)20-15-29-23(25-20)26-22(27)14-28-21-12-7-16(2)13-19(21)24(3,4)5/h7-13,15H,6,14H2,1-5H3,(H,25,26,27). The number of nitrogens with one attached hydrogen (secondary N) is 1. The number of thiazole rings is 1. The molecule has 0 aliphatic carbocycles. The van der Waals surface area contributed by atoms with Gasteiger partial charge in [-0.1, -0.05) is 69.7 Å². The molecule has 1 heterocycles. The highest BCUT2D eigenvalue weighted by atomic mass is 32.1. The first-order valence-corrected chi connectivity index (χ1v) is 10.7. The Bertz CT molecular complexity index is 985. The number of hydrogen-bond acceptors (Lipinski definition) is 4. The van der Waals surface area contributed by atoms with E-state index in [1.807, 2.05) is 17.5 Å². The van der Waals surface area contributed by atoms with E-state index < -0.39 is 0 Å². The number of carbonyl (C=O) groups excluding carboxylic acids is 1. The molecule has 0 saturated heterocycles. The average molecular weight is 409 g/mol. The van der Waals surface area contributed by atoms with Crippen molar-refractivity contribution in [3.05, 3.63) is 64.5 Å². The fourth-order valence-corrected chi connectivity index (χ4v) is 3.77. The fraction of sp³-hybridized carbons (Fsp3) is 0.333. The minimum absolute atomic E-state index is 0.0494. The Balaban J connectivity index is 1.63. The Morgan fingerprint density at radius 2 is 1.86 bits per heavy atom. The Labute approximate surface area is 177 Å². The van der Waals surface area contributed by atoms with Crippen LogP contribution in [0.3, 0.4) is 0 Å². The molecule has 0 bridgehead atoms. The summed E-state index contributed by atoms with van der Waals surface area (Å²) < 4.78 is 5.83. The van der Waals surface area contributed by atoms with Crippen molar-refractivity contribution >= 4 is 22.4 Å². The van der Waals surface area contributed by atoms with Crippen molar-refractivity contribution in [2.75, 3.05) is 11.9 Å². The van der Waals surface area contributed by atoms with Crippen molar-refractivity contribution in [3.63, 3.8) is 0 Å². The van der Waals surface area contributed by atoms with Crippen LogP contribution in [-0.2, 0) is 16.6 Å². The molecule has 0 unspecified atom stereocenters. The van der Waals surface area contributed by atoms with E-state index in [9.17, 15) is 4.79 Å². The normalized spacial score (nSPS) is 11.3. The molecule has 1 amide bonds. The molecule has 1 aromatic heterocycles. The van der Waals surface area contributed by atoms with E-state index in [2.05, 4.69) is 75.3 Å². The average Bonchev–Trinajstić information content (AvgIpc) is 3.14. The van der Waals surface area contributed by atoms with Crippen LogP contribution in [0.2, 0.25) is 0 Å². The smallest absolute Gasteiger partial charge is 0.264 e. The summed E-state index contributed by atoms with van der Waals surface area (Å²) in [6, 6.07) is 14.4. The number of amides is 1. The Hall–Kier alpha value is -2.66. The van der Waals surface area contributed by atoms with Crippen molar-refractivity contribution in [2.45, 2.75) is 46.5 Å². The maximum absolute atomic E-state index is 12.4. The molecule has 29 heavy (non-hydrogen) atoms. The van der Waals surface area contributed by atoms with Gasteiger partial charge in [-0.3, -0.25) is 10.1 Å². The predicted molar refractivity (Wildman–Crippen MR) is 121 cm³/mol. The summed E-state index contributed by atoms with van der Waals surface area (Å²) in [7, 11) is 0. The molecule has 0 aliphatic rings. The van der Waals surface area contributed by atoms with Crippen LogP contribution >= 0.6 is 11.3 Å². The molecular weight excluding hydrogens is 380 g/mol. The zero-order chi connectivity index (χ0) is 21.0. The van der Waals surface area contributed by atoms with Gasteiger partial charge < -0.3 is 4.74 Å². The molecule has 1 N–H and O–H groups in total. The van der Waals surface area contributed by atoms with Crippen LogP contribution in [0.15, 0.2) is 47.8 Å². The molecule has 0 spiro atoms. The summed E-state index contributed by atoms with van der Waals surface area (Å²) in [6.07, 6.45) is 1.01. The number of aryl methyl sites for hydroxylation is 2. The van der Waals surface area contributed by atoms with Crippen LogP contribution in [-0.4, -0.2) is 17.5 Å². The number of rotatable bonds is 6. The van der Waals surface area contributed by atoms with Gasteiger partial charge >= 0.3 is 0 Å². The van der Waals surface area contributed by atoms with Crippen LogP contribution in [0.4, 0.5) is 5.13 Å². The van der Waals surface area contributed by atoms with Crippen molar-refractivity contribution in [2.24, 2.45) is 0 Å². The third kappa shape index (κ3) is 5.45. The van der Waals surface area contributed by atoms with Crippen LogP contribution < -0.4 is 10.1 Å². The van der Waals surface area contributed by atoms with Gasteiger partial charge in [-0.2, -0.15) is 0 Å². The molecule has 3 aromatic rings. The molecule has 0 radical (unpaired) electrons. The van der Waals surface area contributed by atoms with Gasteiger partial charge in [-0.05, 0) is 36.0 Å². The molecule has 152 valence electrons. The molecule has 2 aromatic carbocycles. The summed E-state index contributed by atoms with van der Waals surface area (Å²) in [6.45, 7) is 10.6. The molecule has 0 atom stereocenters. The fourth-order valence-electron chi connectivity index (χ4n) is 3.03.